The zero-order valence-electron chi connectivity index (χ0n) is 12.6. The Morgan fingerprint density at radius 3 is 2.59 bits per heavy atom. The number of hydrogen-bond donors (Lipinski definition) is 1. The number of hydrogen-bond acceptors (Lipinski definition) is 3. The lowest BCUT2D eigenvalue weighted by molar-refractivity contribution is 0.0944. The molecular formula is C17H18ClNO3. The highest BCUT2D eigenvalue weighted by molar-refractivity contribution is 6.31. The monoisotopic (exact) mass is 319 g/mol. The first-order valence-corrected chi connectivity index (χ1v) is 7.29. The van der Waals surface area contributed by atoms with Crippen molar-refractivity contribution < 1.29 is 14.3 Å². The van der Waals surface area contributed by atoms with E-state index in [1.54, 1.807) is 18.2 Å². The zero-order chi connectivity index (χ0) is 15.9. The summed E-state index contributed by atoms with van der Waals surface area (Å²) in [4.78, 5) is 12.1. The molecule has 0 saturated heterocycles. The predicted molar refractivity (Wildman–Crippen MR) is 87.0 cm³/mol. The molecule has 2 aromatic rings. The average molecular weight is 320 g/mol. The van der Waals surface area contributed by atoms with Crippen LogP contribution in [-0.4, -0.2) is 26.2 Å². The van der Waals surface area contributed by atoms with Crippen LogP contribution in [0.2, 0.25) is 5.02 Å². The van der Waals surface area contributed by atoms with Crippen molar-refractivity contribution in [3.63, 3.8) is 0 Å². The number of methoxy groups -OCH3 is 1. The Morgan fingerprint density at radius 1 is 1.18 bits per heavy atom. The highest BCUT2D eigenvalue weighted by Crippen LogP contribution is 2.22. The summed E-state index contributed by atoms with van der Waals surface area (Å²) >= 11 is 5.91. The molecular weight excluding hydrogens is 302 g/mol. The summed E-state index contributed by atoms with van der Waals surface area (Å²) in [7, 11) is 1.51. The first kappa shape index (κ1) is 16.2. The molecule has 0 unspecified atom stereocenters. The minimum atomic E-state index is -0.244. The van der Waals surface area contributed by atoms with Gasteiger partial charge in [-0.1, -0.05) is 29.3 Å². The van der Waals surface area contributed by atoms with Gasteiger partial charge in [-0.15, -0.1) is 0 Å². The van der Waals surface area contributed by atoms with E-state index in [2.05, 4.69) is 5.32 Å². The van der Waals surface area contributed by atoms with Gasteiger partial charge in [-0.25, -0.2) is 0 Å². The van der Waals surface area contributed by atoms with Crippen LogP contribution in [0.3, 0.4) is 0 Å². The number of halogens is 1. The van der Waals surface area contributed by atoms with Gasteiger partial charge >= 0.3 is 0 Å². The van der Waals surface area contributed by atoms with Gasteiger partial charge < -0.3 is 14.8 Å². The smallest absolute Gasteiger partial charge is 0.255 e. The zero-order valence-corrected chi connectivity index (χ0v) is 13.3. The number of benzene rings is 2. The van der Waals surface area contributed by atoms with Crippen LogP contribution in [0.4, 0.5) is 0 Å². The molecule has 0 radical (unpaired) electrons. The van der Waals surface area contributed by atoms with E-state index >= 15 is 0 Å². The summed E-state index contributed by atoms with van der Waals surface area (Å²) < 4.78 is 10.7. The van der Waals surface area contributed by atoms with E-state index in [0.717, 1.165) is 5.75 Å². The van der Waals surface area contributed by atoms with Gasteiger partial charge in [-0.3, -0.25) is 4.79 Å². The van der Waals surface area contributed by atoms with Crippen LogP contribution in [0.25, 0.3) is 0 Å². The fourth-order valence-electron chi connectivity index (χ4n) is 1.92. The van der Waals surface area contributed by atoms with Crippen LogP contribution in [0.1, 0.15) is 15.9 Å². The minimum Gasteiger partial charge on any atom is -0.496 e. The Morgan fingerprint density at radius 2 is 1.91 bits per heavy atom. The molecule has 5 heteroatoms. The van der Waals surface area contributed by atoms with Gasteiger partial charge in [0.05, 0.1) is 19.2 Å². The first-order chi connectivity index (χ1) is 10.6. The standard InChI is InChI=1S/C17H18ClNO3/c1-12-3-6-14(7-4-12)22-10-9-19-17(20)15-11-13(18)5-8-16(15)21-2/h3-8,11H,9-10H2,1-2H3,(H,19,20). The van der Waals surface area contributed by atoms with E-state index < -0.39 is 0 Å². The maximum absolute atomic E-state index is 12.1. The SMILES string of the molecule is COc1ccc(Cl)cc1C(=O)NCCOc1ccc(C)cc1. The molecule has 0 aliphatic carbocycles. The second-order valence-corrected chi connectivity index (χ2v) is 5.20. The van der Waals surface area contributed by atoms with Gasteiger partial charge in [0.2, 0.25) is 0 Å². The van der Waals surface area contributed by atoms with E-state index in [4.69, 9.17) is 21.1 Å². The predicted octanol–water partition coefficient (Wildman–Crippen LogP) is 3.47. The topological polar surface area (TPSA) is 47.6 Å². The van der Waals surface area contributed by atoms with E-state index in [-0.39, 0.29) is 5.91 Å². The fraction of sp³-hybridized carbons (Fsp3) is 0.235. The Hall–Kier alpha value is -2.20. The third-order valence-corrected chi connectivity index (χ3v) is 3.32. The molecule has 0 aliphatic rings. The molecule has 2 aromatic carbocycles. The van der Waals surface area contributed by atoms with E-state index in [0.29, 0.717) is 29.5 Å². The second kappa shape index (κ2) is 7.71. The van der Waals surface area contributed by atoms with Crippen LogP contribution < -0.4 is 14.8 Å². The van der Waals surface area contributed by atoms with Crippen LogP contribution in [0.15, 0.2) is 42.5 Å². The lowest BCUT2D eigenvalue weighted by Crippen LogP contribution is -2.28. The lowest BCUT2D eigenvalue weighted by atomic mass is 10.2. The minimum absolute atomic E-state index is 0.244. The molecule has 4 nitrogen and oxygen atoms in total. The Bertz CT molecular complexity index is 641. The molecule has 2 rings (SSSR count). The normalized spacial score (nSPS) is 10.1. The number of amides is 1. The van der Waals surface area contributed by atoms with Crippen molar-refractivity contribution in [1.29, 1.82) is 0 Å². The average Bonchev–Trinajstić information content (AvgIpc) is 2.53. The molecule has 0 atom stereocenters. The molecule has 0 aromatic heterocycles. The van der Waals surface area contributed by atoms with E-state index in [1.807, 2.05) is 31.2 Å². The molecule has 0 spiro atoms. The quantitative estimate of drug-likeness (QED) is 0.829. The lowest BCUT2D eigenvalue weighted by Gasteiger charge is -2.10. The van der Waals surface area contributed by atoms with E-state index in [9.17, 15) is 4.79 Å². The van der Waals surface area contributed by atoms with Crippen molar-refractivity contribution in [2.24, 2.45) is 0 Å². The Labute approximate surface area is 135 Å². The Kier molecular flexibility index (Phi) is 5.67. The van der Waals surface area contributed by atoms with Crippen molar-refractivity contribution in [2.75, 3.05) is 20.3 Å². The summed E-state index contributed by atoms with van der Waals surface area (Å²) in [5.74, 6) is 1.02. The van der Waals surface area contributed by atoms with Gasteiger partial charge in [0.15, 0.2) is 0 Å². The van der Waals surface area contributed by atoms with Crippen molar-refractivity contribution in [1.82, 2.24) is 5.32 Å². The van der Waals surface area contributed by atoms with Crippen molar-refractivity contribution in [3.05, 3.63) is 58.6 Å². The van der Waals surface area contributed by atoms with E-state index in [1.165, 1.54) is 12.7 Å². The fourth-order valence-corrected chi connectivity index (χ4v) is 2.09. The molecule has 0 aliphatic heterocycles. The largest absolute Gasteiger partial charge is 0.496 e. The number of rotatable bonds is 6. The number of nitrogens with one attached hydrogen (secondary N) is 1. The molecule has 0 bridgehead atoms. The summed E-state index contributed by atoms with van der Waals surface area (Å²) in [6.07, 6.45) is 0. The number of carbonyl (C=O) groups excluding carboxylic acids is 1. The number of carbonyl (C=O) groups is 1. The van der Waals surface area contributed by atoms with Gasteiger partial charge in [0, 0.05) is 5.02 Å². The molecule has 0 fully saturated rings. The van der Waals surface area contributed by atoms with Crippen LogP contribution >= 0.6 is 11.6 Å². The van der Waals surface area contributed by atoms with Crippen molar-refractivity contribution >= 4 is 17.5 Å². The Balaban J connectivity index is 1.85. The summed E-state index contributed by atoms with van der Waals surface area (Å²) in [5, 5.41) is 3.27. The van der Waals surface area contributed by atoms with Gasteiger partial charge in [-0.05, 0) is 37.3 Å². The van der Waals surface area contributed by atoms with Crippen LogP contribution in [-0.2, 0) is 0 Å². The molecule has 22 heavy (non-hydrogen) atoms. The first-order valence-electron chi connectivity index (χ1n) is 6.91. The van der Waals surface area contributed by atoms with Crippen molar-refractivity contribution in [2.45, 2.75) is 6.92 Å². The van der Waals surface area contributed by atoms with Crippen LogP contribution in [0, 0.1) is 6.92 Å². The van der Waals surface area contributed by atoms with Crippen molar-refractivity contribution in [3.8, 4) is 11.5 Å². The highest BCUT2D eigenvalue weighted by Gasteiger charge is 2.12. The summed E-state index contributed by atoms with van der Waals surface area (Å²) in [5.41, 5.74) is 1.58. The molecule has 116 valence electrons. The second-order valence-electron chi connectivity index (χ2n) is 4.76. The number of ether oxygens (including phenoxy) is 2. The molecule has 0 saturated carbocycles. The van der Waals surface area contributed by atoms with Crippen LogP contribution in [0.5, 0.6) is 11.5 Å². The maximum Gasteiger partial charge on any atom is 0.255 e. The van der Waals surface area contributed by atoms with Gasteiger partial charge in [0.25, 0.3) is 5.91 Å². The third-order valence-electron chi connectivity index (χ3n) is 3.08. The highest BCUT2D eigenvalue weighted by atomic mass is 35.5. The molecule has 1 amide bonds. The molecule has 0 heterocycles. The summed E-state index contributed by atoms with van der Waals surface area (Å²) in [6, 6.07) is 12.7. The summed E-state index contributed by atoms with van der Waals surface area (Å²) in [6.45, 7) is 2.79. The van der Waals surface area contributed by atoms with Gasteiger partial charge in [-0.2, -0.15) is 0 Å². The molecule has 1 N–H and O–H groups in total. The maximum atomic E-state index is 12.1. The number of aryl methyl sites for hydroxylation is 1. The van der Waals surface area contributed by atoms with Gasteiger partial charge in [0.1, 0.15) is 18.1 Å². The third kappa shape index (κ3) is 4.40.